The average molecular weight is 702 g/mol. The quantitative estimate of drug-likeness (QED) is 0.142. The lowest BCUT2D eigenvalue weighted by atomic mass is 9.88. The minimum atomic E-state index is -4.92. The standard InChI is InChI=1S/C26H28ClNO.C10H11F3N2O5/c1-28(2)19-20-29-24-15-13-23(14-16-24)26(22-11-7-4-8-12-22)25(17-18-27)21-9-5-3-6-10-21;11-10(12,13)4-2-15(9(19)14-8(4)18)7-1-5(17)6(3-16)20-7/h3-16H,17-20H2,1-2H3;2,5-7,16-17H,1,3H2,(H,14,18,19)/b26-25-;/t;5-,6+,7+/m.0/s1. The highest BCUT2D eigenvalue weighted by Gasteiger charge is 2.38. The Kier molecular flexibility index (Phi) is 13.4. The molecule has 262 valence electrons. The summed E-state index contributed by atoms with van der Waals surface area (Å²) in [6.07, 6.45) is -7.24. The SMILES string of the molecule is CN(C)CCOc1ccc(/C(=C(/CCCl)c2ccccc2)c2ccccc2)cc1.O=c1[nH]c(=O)n([C@H]2C[C@H](O)[C@@H](CO)O2)cc1C(F)(F)F. The summed E-state index contributed by atoms with van der Waals surface area (Å²) in [6, 6.07) is 29.4. The number of alkyl halides is 4. The second-order valence-electron chi connectivity index (χ2n) is 11.5. The lowest BCUT2D eigenvalue weighted by Gasteiger charge is -2.17. The molecule has 5 rings (SSSR count). The van der Waals surface area contributed by atoms with Gasteiger partial charge in [0.2, 0.25) is 0 Å². The summed E-state index contributed by atoms with van der Waals surface area (Å²) in [5, 5.41) is 18.4. The number of ether oxygens (including phenoxy) is 2. The van der Waals surface area contributed by atoms with Crippen molar-refractivity contribution in [2.75, 3.05) is 39.7 Å². The number of aromatic amines is 1. The molecule has 3 atom stereocenters. The second-order valence-corrected chi connectivity index (χ2v) is 11.9. The van der Waals surface area contributed by atoms with Gasteiger partial charge in [0.15, 0.2) is 0 Å². The summed E-state index contributed by atoms with van der Waals surface area (Å²) in [6.45, 7) is 1.03. The van der Waals surface area contributed by atoms with Crippen molar-refractivity contribution >= 4 is 22.7 Å². The van der Waals surface area contributed by atoms with Crippen molar-refractivity contribution in [3.8, 4) is 5.75 Å². The minimum absolute atomic E-state index is 0.172. The lowest BCUT2D eigenvalue weighted by molar-refractivity contribution is -0.139. The molecule has 49 heavy (non-hydrogen) atoms. The number of aliphatic hydroxyl groups excluding tert-OH is 2. The van der Waals surface area contributed by atoms with Gasteiger partial charge in [-0.25, -0.2) is 4.79 Å². The topological polar surface area (TPSA) is 117 Å². The molecule has 0 aliphatic carbocycles. The Morgan fingerprint density at radius 3 is 2.10 bits per heavy atom. The maximum atomic E-state index is 12.6. The smallest absolute Gasteiger partial charge is 0.423 e. The maximum absolute atomic E-state index is 12.6. The first-order chi connectivity index (χ1) is 23.4. The van der Waals surface area contributed by atoms with Crippen LogP contribution >= 0.6 is 11.6 Å². The predicted octanol–water partition coefficient (Wildman–Crippen LogP) is 5.41. The number of benzene rings is 3. The second kappa shape index (κ2) is 17.5. The molecule has 3 aromatic carbocycles. The van der Waals surface area contributed by atoms with Gasteiger partial charge in [-0.3, -0.25) is 14.3 Å². The number of likely N-dealkylation sites (N-methyl/N-ethyl adjacent to an activating group) is 1. The van der Waals surface area contributed by atoms with E-state index in [1.54, 1.807) is 4.98 Å². The molecule has 1 aromatic heterocycles. The van der Waals surface area contributed by atoms with E-state index in [-0.39, 0.29) is 6.42 Å². The molecule has 1 aliphatic rings. The molecule has 4 aromatic rings. The number of rotatable bonds is 11. The van der Waals surface area contributed by atoms with Crippen LogP contribution in [0.3, 0.4) is 0 Å². The normalized spacial score (nSPS) is 18.1. The molecule has 0 saturated carbocycles. The molecule has 0 amide bonds. The van der Waals surface area contributed by atoms with Crippen molar-refractivity contribution in [2.24, 2.45) is 0 Å². The largest absolute Gasteiger partial charge is 0.492 e. The van der Waals surface area contributed by atoms with Crippen LogP contribution in [0.4, 0.5) is 13.2 Å². The lowest BCUT2D eigenvalue weighted by Crippen LogP contribution is -2.36. The molecule has 1 fully saturated rings. The summed E-state index contributed by atoms with van der Waals surface area (Å²) >= 11 is 6.21. The van der Waals surface area contributed by atoms with E-state index in [1.165, 1.54) is 27.8 Å². The van der Waals surface area contributed by atoms with Crippen molar-refractivity contribution in [3.63, 3.8) is 0 Å². The highest BCUT2D eigenvalue weighted by Crippen LogP contribution is 2.35. The minimum Gasteiger partial charge on any atom is -0.492 e. The van der Waals surface area contributed by atoms with Gasteiger partial charge >= 0.3 is 11.9 Å². The van der Waals surface area contributed by atoms with E-state index >= 15 is 0 Å². The van der Waals surface area contributed by atoms with E-state index in [0.29, 0.717) is 23.3 Å². The van der Waals surface area contributed by atoms with Crippen molar-refractivity contribution in [2.45, 2.75) is 37.5 Å². The molecular weight excluding hydrogens is 663 g/mol. The third kappa shape index (κ3) is 10.2. The third-order valence-electron chi connectivity index (χ3n) is 7.75. The Hall–Kier alpha value is -4.20. The van der Waals surface area contributed by atoms with Crippen LogP contribution in [-0.2, 0) is 10.9 Å². The van der Waals surface area contributed by atoms with Gasteiger partial charge in [-0.05, 0) is 60.5 Å². The molecule has 0 unspecified atom stereocenters. The van der Waals surface area contributed by atoms with Gasteiger partial charge in [0.05, 0.1) is 12.7 Å². The number of aliphatic hydroxyl groups is 2. The van der Waals surface area contributed by atoms with E-state index in [1.807, 2.05) is 26.2 Å². The number of halogens is 4. The maximum Gasteiger partial charge on any atom is 0.423 e. The van der Waals surface area contributed by atoms with E-state index in [2.05, 4.69) is 77.7 Å². The van der Waals surface area contributed by atoms with Crippen LogP contribution in [-0.4, -0.2) is 76.6 Å². The first-order valence-electron chi connectivity index (χ1n) is 15.6. The Morgan fingerprint density at radius 2 is 1.57 bits per heavy atom. The number of nitrogens with zero attached hydrogens (tertiary/aromatic N) is 2. The molecule has 0 spiro atoms. The fourth-order valence-corrected chi connectivity index (χ4v) is 5.47. The van der Waals surface area contributed by atoms with Crippen molar-refractivity contribution < 1.29 is 32.9 Å². The van der Waals surface area contributed by atoms with Crippen LogP contribution < -0.4 is 16.0 Å². The molecule has 0 radical (unpaired) electrons. The predicted molar refractivity (Wildman–Crippen MR) is 183 cm³/mol. The zero-order chi connectivity index (χ0) is 35.6. The van der Waals surface area contributed by atoms with Crippen molar-refractivity contribution in [3.05, 3.63) is 134 Å². The zero-order valence-corrected chi connectivity index (χ0v) is 27.8. The molecule has 9 nitrogen and oxygen atoms in total. The molecule has 2 heterocycles. The Balaban J connectivity index is 0.000000237. The highest BCUT2D eigenvalue weighted by atomic mass is 35.5. The Labute approximate surface area is 286 Å². The van der Waals surface area contributed by atoms with Gasteiger partial charge in [0.1, 0.15) is 30.3 Å². The zero-order valence-electron chi connectivity index (χ0n) is 27.1. The number of nitrogens with one attached hydrogen (secondary N) is 1. The van der Waals surface area contributed by atoms with E-state index in [9.17, 15) is 27.9 Å². The van der Waals surface area contributed by atoms with E-state index < -0.39 is 48.0 Å². The summed E-state index contributed by atoms with van der Waals surface area (Å²) in [4.78, 5) is 26.3. The summed E-state index contributed by atoms with van der Waals surface area (Å²) < 4.78 is 49.3. The summed E-state index contributed by atoms with van der Waals surface area (Å²) in [7, 11) is 4.09. The Bertz CT molecular complexity index is 1780. The summed E-state index contributed by atoms with van der Waals surface area (Å²) in [5.41, 5.74) is 1.87. The number of hydrogen-bond acceptors (Lipinski definition) is 7. The third-order valence-corrected chi connectivity index (χ3v) is 7.94. The van der Waals surface area contributed by atoms with Gasteiger partial charge in [-0.1, -0.05) is 72.8 Å². The van der Waals surface area contributed by atoms with Crippen LogP contribution in [0.15, 0.2) is 101 Å². The molecule has 1 saturated heterocycles. The van der Waals surface area contributed by atoms with Gasteiger partial charge < -0.3 is 24.6 Å². The molecule has 13 heteroatoms. The Morgan fingerprint density at radius 1 is 0.980 bits per heavy atom. The van der Waals surface area contributed by atoms with Crippen LogP contribution in [0.5, 0.6) is 5.75 Å². The van der Waals surface area contributed by atoms with E-state index in [0.717, 1.165) is 18.7 Å². The molecule has 1 aliphatic heterocycles. The van der Waals surface area contributed by atoms with Gasteiger partial charge in [-0.2, -0.15) is 13.2 Å². The summed E-state index contributed by atoms with van der Waals surface area (Å²) in [5.74, 6) is 1.47. The first kappa shape index (κ1) is 37.6. The van der Waals surface area contributed by atoms with Crippen LogP contribution in [0.1, 0.15) is 41.3 Å². The van der Waals surface area contributed by atoms with Gasteiger partial charge in [0, 0.05) is 25.0 Å². The molecule has 3 N–H and O–H groups in total. The van der Waals surface area contributed by atoms with Gasteiger partial charge in [0.25, 0.3) is 5.56 Å². The fraction of sp³-hybridized carbons (Fsp3) is 0.333. The van der Waals surface area contributed by atoms with Crippen molar-refractivity contribution in [1.82, 2.24) is 14.5 Å². The number of H-pyrrole nitrogens is 1. The number of allylic oxidation sites excluding steroid dienone is 1. The van der Waals surface area contributed by atoms with E-state index in [4.69, 9.17) is 26.2 Å². The van der Waals surface area contributed by atoms with Crippen LogP contribution in [0.25, 0.3) is 11.1 Å². The number of hydrogen-bond donors (Lipinski definition) is 3. The molecular formula is C36H39ClF3N3O6. The van der Waals surface area contributed by atoms with Crippen LogP contribution in [0, 0.1) is 0 Å². The highest BCUT2D eigenvalue weighted by molar-refractivity contribution is 6.18. The molecule has 0 bridgehead atoms. The average Bonchev–Trinajstić information content (AvgIpc) is 3.45. The number of aromatic nitrogens is 2. The fourth-order valence-electron chi connectivity index (χ4n) is 5.28. The van der Waals surface area contributed by atoms with Crippen molar-refractivity contribution in [1.29, 1.82) is 0 Å². The van der Waals surface area contributed by atoms with Gasteiger partial charge in [-0.15, -0.1) is 11.6 Å². The van der Waals surface area contributed by atoms with Crippen LogP contribution in [0.2, 0.25) is 0 Å². The first-order valence-corrected chi connectivity index (χ1v) is 16.1. The monoisotopic (exact) mass is 701 g/mol.